The SMILES string of the molecule is OCC1CCCC1NCc1ccc(C(F)F)cc1. The zero-order valence-corrected chi connectivity index (χ0v) is 10.3. The number of rotatable bonds is 5. The molecule has 18 heavy (non-hydrogen) atoms. The van der Waals surface area contributed by atoms with Crippen molar-refractivity contribution < 1.29 is 13.9 Å². The monoisotopic (exact) mass is 255 g/mol. The van der Waals surface area contributed by atoms with Gasteiger partial charge in [0, 0.05) is 24.8 Å². The van der Waals surface area contributed by atoms with Crippen LogP contribution in [0.2, 0.25) is 0 Å². The molecule has 0 saturated heterocycles. The molecule has 1 aliphatic carbocycles. The van der Waals surface area contributed by atoms with Crippen LogP contribution in [0.5, 0.6) is 0 Å². The number of aliphatic hydroxyl groups excluding tert-OH is 1. The van der Waals surface area contributed by atoms with Crippen LogP contribution in [0.15, 0.2) is 24.3 Å². The lowest BCUT2D eigenvalue weighted by molar-refractivity contribution is 0.151. The van der Waals surface area contributed by atoms with Gasteiger partial charge in [0.25, 0.3) is 6.43 Å². The molecule has 0 amide bonds. The summed E-state index contributed by atoms with van der Waals surface area (Å²) in [7, 11) is 0. The molecule has 0 bridgehead atoms. The highest BCUT2D eigenvalue weighted by atomic mass is 19.3. The Morgan fingerprint density at radius 1 is 1.22 bits per heavy atom. The Hall–Kier alpha value is -1.00. The van der Waals surface area contributed by atoms with Crippen LogP contribution in [-0.4, -0.2) is 17.8 Å². The predicted octanol–water partition coefficient (Wildman–Crippen LogP) is 2.87. The summed E-state index contributed by atoms with van der Waals surface area (Å²) in [5, 5.41) is 12.6. The first-order valence-electron chi connectivity index (χ1n) is 6.42. The van der Waals surface area contributed by atoms with E-state index in [-0.39, 0.29) is 12.2 Å². The Bertz CT molecular complexity index is 367. The van der Waals surface area contributed by atoms with Crippen LogP contribution in [0.1, 0.15) is 36.8 Å². The Labute approximate surface area is 106 Å². The van der Waals surface area contributed by atoms with Gasteiger partial charge in [-0.3, -0.25) is 0 Å². The number of halogens is 2. The van der Waals surface area contributed by atoms with Gasteiger partial charge in [-0.2, -0.15) is 0 Å². The Morgan fingerprint density at radius 3 is 2.56 bits per heavy atom. The van der Waals surface area contributed by atoms with Gasteiger partial charge in [0.15, 0.2) is 0 Å². The maximum absolute atomic E-state index is 12.4. The second-order valence-electron chi connectivity index (χ2n) is 4.90. The maximum Gasteiger partial charge on any atom is 0.263 e. The number of alkyl halides is 2. The molecule has 0 spiro atoms. The number of aliphatic hydroxyl groups is 1. The molecular formula is C14H19F2NO. The molecule has 1 aromatic rings. The summed E-state index contributed by atoms with van der Waals surface area (Å²) in [6.07, 6.45) is 0.895. The molecule has 0 radical (unpaired) electrons. The van der Waals surface area contributed by atoms with Crippen molar-refractivity contribution in [2.75, 3.05) is 6.61 Å². The number of nitrogens with one attached hydrogen (secondary N) is 1. The van der Waals surface area contributed by atoms with Crippen LogP contribution in [0.4, 0.5) is 8.78 Å². The molecule has 100 valence electrons. The molecule has 1 saturated carbocycles. The molecule has 1 aromatic carbocycles. The minimum atomic E-state index is -2.40. The van der Waals surface area contributed by atoms with Crippen molar-refractivity contribution in [1.29, 1.82) is 0 Å². The van der Waals surface area contributed by atoms with Crippen LogP contribution in [0.3, 0.4) is 0 Å². The average Bonchev–Trinajstić information content (AvgIpc) is 2.84. The van der Waals surface area contributed by atoms with Crippen molar-refractivity contribution in [1.82, 2.24) is 5.32 Å². The third-order valence-corrected chi connectivity index (χ3v) is 3.69. The average molecular weight is 255 g/mol. The summed E-state index contributed by atoms with van der Waals surface area (Å²) in [5.74, 6) is 0.338. The maximum atomic E-state index is 12.4. The van der Waals surface area contributed by atoms with Gasteiger partial charge in [0.1, 0.15) is 0 Å². The van der Waals surface area contributed by atoms with Crippen molar-refractivity contribution >= 4 is 0 Å². The minimum Gasteiger partial charge on any atom is -0.396 e. The molecular weight excluding hydrogens is 236 g/mol. The molecule has 2 N–H and O–H groups in total. The first-order valence-corrected chi connectivity index (χ1v) is 6.42. The quantitative estimate of drug-likeness (QED) is 0.848. The van der Waals surface area contributed by atoms with Crippen LogP contribution < -0.4 is 5.32 Å². The van der Waals surface area contributed by atoms with Gasteiger partial charge in [-0.1, -0.05) is 30.7 Å². The fourth-order valence-electron chi connectivity index (χ4n) is 2.55. The molecule has 0 aromatic heterocycles. The first-order chi connectivity index (χ1) is 8.70. The minimum absolute atomic E-state index is 0.0628. The van der Waals surface area contributed by atoms with E-state index in [2.05, 4.69) is 5.32 Å². The van der Waals surface area contributed by atoms with Gasteiger partial charge in [-0.05, 0) is 24.3 Å². The molecule has 2 rings (SSSR count). The number of benzene rings is 1. The van der Waals surface area contributed by atoms with Gasteiger partial charge in [-0.15, -0.1) is 0 Å². The van der Waals surface area contributed by atoms with E-state index in [1.54, 1.807) is 12.1 Å². The largest absolute Gasteiger partial charge is 0.396 e. The standard InChI is InChI=1S/C14H19F2NO/c15-14(16)11-6-4-10(5-7-11)8-17-13-3-1-2-12(13)9-18/h4-7,12-14,17-18H,1-3,8-9H2. The number of hydrogen-bond acceptors (Lipinski definition) is 2. The second-order valence-corrected chi connectivity index (χ2v) is 4.90. The molecule has 2 nitrogen and oxygen atoms in total. The smallest absolute Gasteiger partial charge is 0.263 e. The van der Waals surface area contributed by atoms with E-state index in [1.807, 2.05) is 0 Å². The van der Waals surface area contributed by atoms with Gasteiger partial charge in [-0.25, -0.2) is 8.78 Å². The molecule has 2 atom stereocenters. The Morgan fingerprint density at radius 2 is 1.94 bits per heavy atom. The summed E-state index contributed by atoms with van der Waals surface area (Å²) in [4.78, 5) is 0. The van der Waals surface area contributed by atoms with Crippen molar-refractivity contribution in [3.05, 3.63) is 35.4 Å². The Kier molecular flexibility index (Phi) is 4.66. The van der Waals surface area contributed by atoms with Crippen LogP contribution in [-0.2, 0) is 6.54 Å². The fourth-order valence-corrected chi connectivity index (χ4v) is 2.55. The summed E-state index contributed by atoms with van der Waals surface area (Å²) in [6, 6.07) is 6.76. The third kappa shape index (κ3) is 3.27. The zero-order chi connectivity index (χ0) is 13.0. The van der Waals surface area contributed by atoms with Crippen LogP contribution >= 0.6 is 0 Å². The van der Waals surface area contributed by atoms with E-state index in [0.717, 1.165) is 24.8 Å². The van der Waals surface area contributed by atoms with E-state index < -0.39 is 6.43 Å². The van der Waals surface area contributed by atoms with E-state index in [4.69, 9.17) is 0 Å². The van der Waals surface area contributed by atoms with Crippen molar-refractivity contribution in [3.63, 3.8) is 0 Å². The number of hydrogen-bond donors (Lipinski definition) is 2. The van der Waals surface area contributed by atoms with Gasteiger partial charge in [0.2, 0.25) is 0 Å². The van der Waals surface area contributed by atoms with Crippen molar-refractivity contribution in [2.24, 2.45) is 5.92 Å². The van der Waals surface area contributed by atoms with E-state index >= 15 is 0 Å². The fraction of sp³-hybridized carbons (Fsp3) is 0.571. The summed E-state index contributed by atoms with van der Waals surface area (Å²) in [6.45, 7) is 0.896. The molecule has 0 aliphatic heterocycles. The van der Waals surface area contributed by atoms with Crippen LogP contribution in [0.25, 0.3) is 0 Å². The summed E-state index contributed by atoms with van der Waals surface area (Å²) in [5.41, 5.74) is 1.07. The Balaban J connectivity index is 1.86. The van der Waals surface area contributed by atoms with E-state index in [9.17, 15) is 13.9 Å². The first kappa shape index (κ1) is 13.4. The molecule has 4 heteroatoms. The summed E-state index contributed by atoms with van der Waals surface area (Å²) >= 11 is 0. The van der Waals surface area contributed by atoms with Gasteiger partial charge in [0.05, 0.1) is 0 Å². The predicted molar refractivity (Wildman–Crippen MR) is 66.5 cm³/mol. The third-order valence-electron chi connectivity index (χ3n) is 3.69. The topological polar surface area (TPSA) is 32.3 Å². The molecule has 1 fully saturated rings. The summed E-state index contributed by atoms with van der Waals surface area (Å²) < 4.78 is 24.8. The van der Waals surface area contributed by atoms with Crippen LogP contribution in [0, 0.1) is 5.92 Å². The second kappa shape index (κ2) is 6.25. The molecule has 0 heterocycles. The molecule has 1 aliphatic rings. The van der Waals surface area contributed by atoms with Gasteiger partial charge >= 0.3 is 0 Å². The highest BCUT2D eigenvalue weighted by molar-refractivity contribution is 5.23. The van der Waals surface area contributed by atoms with Crippen molar-refractivity contribution in [3.8, 4) is 0 Å². The highest BCUT2D eigenvalue weighted by Crippen LogP contribution is 2.25. The highest BCUT2D eigenvalue weighted by Gasteiger charge is 2.25. The van der Waals surface area contributed by atoms with Crippen molar-refractivity contribution in [2.45, 2.75) is 38.3 Å². The lowest BCUT2D eigenvalue weighted by Gasteiger charge is -2.19. The van der Waals surface area contributed by atoms with Gasteiger partial charge < -0.3 is 10.4 Å². The van der Waals surface area contributed by atoms with E-state index in [1.165, 1.54) is 12.1 Å². The lowest BCUT2D eigenvalue weighted by atomic mass is 10.0. The zero-order valence-electron chi connectivity index (χ0n) is 10.3. The lowest BCUT2D eigenvalue weighted by Crippen LogP contribution is -2.33. The molecule has 2 unspecified atom stereocenters. The van der Waals surface area contributed by atoms with E-state index in [0.29, 0.717) is 18.5 Å². The normalized spacial score (nSPS) is 23.8.